The van der Waals surface area contributed by atoms with Crippen LogP contribution in [-0.4, -0.2) is 33.0 Å². The lowest BCUT2D eigenvalue weighted by Gasteiger charge is -2.24. The van der Waals surface area contributed by atoms with Crippen LogP contribution in [0.5, 0.6) is 0 Å². The van der Waals surface area contributed by atoms with Crippen molar-refractivity contribution in [1.29, 1.82) is 0 Å². The summed E-state index contributed by atoms with van der Waals surface area (Å²) in [5.74, 6) is -1.02. The molecule has 1 aromatic heterocycles. The Morgan fingerprint density at radius 2 is 2.17 bits per heavy atom. The monoisotopic (exact) mass is 254 g/mol. The van der Waals surface area contributed by atoms with Gasteiger partial charge in [0, 0.05) is 18.9 Å². The van der Waals surface area contributed by atoms with Crippen molar-refractivity contribution in [3.05, 3.63) is 18.2 Å². The van der Waals surface area contributed by atoms with Crippen LogP contribution in [-0.2, 0) is 26.5 Å². The third-order valence-corrected chi connectivity index (χ3v) is 2.54. The second-order valence-corrected chi connectivity index (χ2v) is 4.00. The predicted molar refractivity (Wildman–Crippen MR) is 63.7 cm³/mol. The van der Waals surface area contributed by atoms with Crippen LogP contribution in [0.1, 0.15) is 33.0 Å². The van der Waals surface area contributed by atoms with Crippen LogP contribution in [0.2, 0.25) is 0 Å². The van der Waals surface area contributed by atoms with Crippen LogP contribution in [0.4, 0.5) is 0 Å². The highest BCUT2D eigenvalue weighted by Gasteiger charge is 2.44. The van der Waals surface area contributed by atoms with E-state index >= 15 is 0 Å². The molecule has 6 heteroatoms. The highest BCUT2D eigenvalue weighted by Crippen LogP contribution is 2.26. The summed E-state index contributed by atoms with van der Waals surface area (Å²) in [6, 6.07) is 0. The van der Waals surface area contributed by atoms with Crippen molar-refractivity contribution in [3.63, 3.8) is 0 Å². The van der Waals surface area contributed by atoms with E-state index in [1.165, 1.54) is 13.1 Å². The van der Waals surface area contributed by atoms with Crippen molar-refractivity contribution >= 4 is 11.8 Å². The number of aliphatic hydroxyl groups is 1. The minimum atomic E-state index is -2.01. The Morgan fingerprint density at radius 3 is 2.67 bits per heavy atom. The van der Waals surface area contributed by atoms with Crippen molar-refractivity contribution in [3.8, 4) is 0 Å². The van der Waals surface area contributed by atoms with Gasteiger partial charge in [-0.05, 0) is 20.8 Å². The first kappa shape index (κ1) is 14.4. The maximum absolute atomic E-state index is 11.9. The molecule has 0 amide bonds. The summed E-state index contributed by atoms with van der Waals surface area (Å²) in [7, 11) is 0. The summed E-state index contributed by atoms with van der Waals surface area (Å²) in [5.41, 5.74) is -2.01. The van der Waals surface area contributed by atoms with E-state index in [4.69, 9.17) is 4.74 Å². The minimum absolute atomic E-state index is 0.131. The highest BCUT2D eigenvalue weighted by molar-refractivity contribution is 5.88. The Hall–Kier alpha value is -1.69. The summed E-state index contributed by atoms with van der Waals surface area (Å²) in [4.78, 5) is 27.1. The summed E-state index contributed by atoms with van der Waals surface area (Å²) < 4.78 is 6.45. The molecule has 1 aromatic rings. The number of nitrogens with zero attached hydrogens (tertiary/aromatic N) is 2. The van der Waals surface area contributed by atoms with E-state index in [0.717, 1.165) is 0 Å². The number of ether oxygens (including phenoxy) is 1. The first-order valence-corrected chi connectivity index (χ1v) is 5.86. The van der Waals surface area contributed by atoms with Gasteiger partial charge in [0.2, 0.25) is 5.60 Å². The van der Waals surface area contributed by atoms with Gasteiger partial charge in [-0.3, -0.25) is 4.79 Å². The van der Waals surface area contributed by atoms with E-state index in [1.807, 2.05) is 6.92 Å². The number of carbonyl (C=O) groups is 2. The van der Waals surface area contributed by atoms with Crippen LogP contribution in [0.15, 0.2) is 12.4 Å². The zero-order chi connectivity index (χ0) is 13.8. The van der Waals surface area contributed by atoms with Crippen molar-refractivity contribution in [1.82, 2.24) is 9.55 Å². The SMILES string of the molecule is CCOC(=O)C(O)(CC(C)=O)c1nccn1CC. The van der Waals surface area contributed by atoms with E-state index in [-0.39, 0.29) is 24.6 Å². The Bertz CT molecular complexity index is 441. The standard InChI is InChI=1S/C12H18N2O4/c1-4-14-7-6-13-10(14)12(17,8-9(3)15)11(16)18-5-2/h6-7,17H,4-5,8H2,1-3H3. The van der Waals surface area contributed by atoms with E-state index in [0.29, 0.717) is 6.54 Å². The lowest BCUT2D eigenvalue weighted by molar-refractivity contribution is -0.169. The Labute approximate surface area is 106 Å². The zero-order valence-corrected chi connectivity index (χ0v) is 10.8. The van der Waals surface area contributed by atoms with Gasteiger partial charge in [0.25, 0.3) is 0 Å². The fourth-order valence-corrected chi connectivity index (χ4v) is 1.78. The molecule has 0 saturated heterocycles. The molecule has 0 aliphatic heterocycles. The van der Waals surface area contributed by atoms with Gasteiger partial charge < -0.3 is 14.4 Å². The topological polar surface area (TPSA) is 81.4 Å². The molecule has 0 aromatic carbocycles. The van der Waals surface area contributed by atoms with Gasteiger partial charge in [-0.2, -0.15) is 0 Å². The van der Waals surface area contributed by atoms with Gasteiger partial charge in [0.05, 0.1) is 13.0 Å². The number of ketones is 1. The maximum Gasteiger partial charge on any atom is 0.346 e. The zero-order valence-electron chi connectivity index (χ0n) is 10.8. The van der Waals surface area contributed by atoms with Crippen molar-refractivity contribution in [2.45, 2.75) is 39.3 Å². The number of aromatic nitrogens is 2. The van der Waals surface area contributed by atoms with Gasteiger partial charge in [-0.25, -0.2) is 9.78 Å². The number of esters is 1. The number of imidazole rings is 1. The van der Waals surface area contributed by atoms with Gasteiger partial charge in [-0.1, -0.05) is 0 Å². The molecule has 1 N–H and O–H groups in total. The quantitative estimate of drug-likeness (QED) is 0.753. The number of Topliss-reactive ketones (excluding diaryl/α,β-unsaturated/α-hetero) is 1. The molecule has 0 spiro atoms. The van der Waals surface area contributed by atoms with Gasteiger partial charge in [0.15, 0.2) is 5.82 Å². The maximum atomic E-state index is 11.9. The van der Waals surface area contributed by atoms with Crippen LogP contribution < -0.4 is 0 Å². The molecular weight excluding hydrogens is 236 g/mol. The number of hydrogen-bond donors (Lipinski definition) is 1. The highest BCUT2D eigenvalue weighted by atomic mass is 16.5. The molecule has 6 nitrogen and oxygen atoms in total. The number of aryl methyl sites for hydroxylation is 1. The molecule has 1 unspecified atom stereocenters. The van der Waals surface area contributed by atoms with E-state index in [1.54, 1.807) is 17.7 Å². The van der Waals surface area contributed by atoms with Crippen LogP contribution in [0.25, 0.3) is 0 Å². The normalized spacial score (nSPS) is 14.0. The molecule has 1 atom stereocenters. The molecule has 0 radical (unpaired) electrons. The lowest BCUT2D eigenvalue weighted by Crippen LogP contribution is -2.41. The molecule has 0 saturated carbocycles. The third kappa shape index (κ3) is 2.76. The largest absolute Gasteiger partial charge is 0.463 e. The van der Waals surface area contributed by atoms with Crippen molar-refractivity contribution in [2.24, 2.45) is 0 Å². The smallest absolute Gasteiger partial charge is 0.346 e. The van der Waals surface area contributed by atoms with Gasteiger partial charge in [0.1, 0.15) is 5.78 Å². The average Bonchev–Trinajstić information content (AvgIpc) is 2.76. The molecule has 0 aliphatic carbocycles. The lowest BCUT2D eigenvalue weighted by atomic mass is 9.96. The summed E-state index contributed by atoms with van der Waals surface area (Å²) in [5, 5.41) is 10.5. The Balaban J connectivity index is 3.19. The number of hydrogen-bond acceptors (Lipinski definition) is 5. The van der Waals surface area contributed by atoms with Gasteiger partial charge >= 0.3 is 5.97 Å². The van der Waals surface area contributed by atoms with E-state index in [9.17, 15) is 14.7 Å². The third-order valence-electron chi connectivity index (χ3n) is 2.54. The summed E-state index contributed by atoms with van der Waals surface area (Å²) in [6.45, 7) is 5.47. The fraction of sp³-hybridized carbons (Fsp3) is 0.583. The van der Waals surface area contributed by atoms with Crippen LogP contribution >= 0.6 is 0 Å². The Kier molecular flexibility index (Phi) is 4.61. The first-order valence-electron chi connectivity index (χ1n) is 5.86. The first-order chi connectivity index (χ1) is 8.45. The number of rotatable bonds is 6. The molecule has 0 bridgehead atoms. The second kappa shape index (κ2) is 5.77. The molecule has 1 heterocycles. The predicted octanol–water partition coefficient (Wildman–Crippen LogP) is 0.633. The van der Waals surface area contributed by atoms with Crippen molar-refractivity contribution in [2.75, 3.05) is 6.61 Å². The molecule has 0 fully saturated rings. The number of carbonyl (C=O) groups excluding carboxylic acids is 2. The van der Waals surface area contributed by atoms with E-state index in [2.05, 4.69) is 4.98 Å². The van der Waals surface area contributed by atoms with Gasteiger partial charge in [-0.15, -0.1) is 0 Å². The molecule has 1 rings (SSSR count). The summed E-state index contributed by atoms with van der Waals surface area (Å²) in [6.07, 6.45) is 2.77. The molecular formula is C12H18N2O4. The minimum Gasteiger partial charge on any atom is -0.463 e. The molecule has 100 valence electrons. The van der Waals surface area contributed by atoms with E-state index < -0.39 is 11.6 Å². The molecule has 0 aliphatic rings. The van der Waals surface area contributed by atoms with Crippen LogP contribution in [0, 0.1) is 0 Å². The fourth-order valence-electron chi connectivity index (χ4n) is 1.78. The average molecular weight is 254 g/mol. The van der Waals surface area contributed by atoms with Crippen LogP contribution in [0.3, 0.4) is 0 Å². The second-order valence-electron chi connectivity index (χ2n) is 4.00. The molecule has 18 heavy (non-hydrogen) atoms. The Morgan fingerprint density at radius 1 is 1.50 bits per heavy atom. The summed E-state index contributed by atoms with van der Waals surface area (Å²) >= 11 is 0. The van der Waals surface area contributed by atoms with Crippen molar-refractivity contribution < 1.29 is 19.4 Å².